The number of aliphatic carboxylic acids is 2. The first-order chi connectivity index (χ1) is 15.0. The Bertz CT molecular complexity index is 814. The van der Waals surface area contributed by atoms with E-state index in [1.807, 2.05) is 6.07 Å². The van der Waals surface area contributed by atoms with E-state index in [1.165, 1.54) is 0 Å². The first kappa shape index (κ1) is 26.6. The quantitative estimate of drug-likeness (QED) is 0.226. The summed E-state index contributed by atoms with van der Waals surface area (Å²) in [4.78, 5) is 59.4. The van der Waals surface area contributed by atoms with Gasteiger partial charge >= 0.3 is 11.9 Å². The summed E-state index contributed by atoms with van der Waals surface area (Å²) < 4.78 is 0. The monoisotopic (exact) mass is 450 g/mol. The molecule has 0 aromatic heterocycles. The first-order valence-corrected chi connectivity index (χ1v) is 10.1. The van der Waals surface area contributed by atoms with Crippen LogP contribution in [-0.2, 0) is 30.4 Å². The van der Waals surface area contributed by atoms with Crippen LogP contribution in [-0.4, -0.2) is 64.5 Å². The topological polar surface area (TPSA) is 188 Å². The van der Waals surface area contributed by atoms with E-state index in [1.54, 1.807) is 38.1 Å². The van der Waals surface area contributed by atoms with Crippen LogP contribution in [0.3, 0.4) is 0 Å². The Hall–Kier alpha value is -3.47. The van der Waals surface area contributed by atoms with Gasteiger partial charge in [-0.25, -0.2) is 0 Å². The summed E-state index contributed by atoms with van der Waals surface area (Å²) in [6.07, 6.45) is -0.360. The zero-order valence-electron chi connectivity index (χ0n) is 18.0. The molecule has 0 aliphatic carbocycles. The lowest BCUT2D eigenvalue weighted by Crippen LogP contribution is -2.57. The lowest BCUT2D eigenvalue weighted by atomic mass is 10.0. The largest absolute Gasteiger partial charge is 0.481 e. The summed E-state index contributed by atoms with van der Waals surface area (Å²) in [5.41, 5.74) is 6.69. The van der Waals surface area contributed by atoms with Crippen LogP contribution in [0.4, 0.5) is 0 Å². The van der Waals surface area contributed by atoms with Crippen molar-refractivity contribution in [2.75, 3.05) is 6.54 Å². The lowest BCUT2D eigenvalue weighted by Gasteiger charge is -2.24. The molecule has 0 heterocycles. The number of rotatable bonds is 13. The third kappa shape index (κ3) is 10.0. The minimum Gasteiger partial charge on any atom is -0.481 e. The van der Waals surface area contributed by atoms with E-state index < -0.39 is 60.8 Å². The molecule has 0 saturated carbocycles. The number of hydrogen-bond acceptors (Lipinski definition) is 6. The van der Waals surface area contributed by atoms with Crippen LogP contribution < -0.4 is 21.7 Å². The zero-order valence-corrected chi connectivity index (χ0v) is 18.0. The van der Waals surface area contributed by atoms with E-state index >= 15 is 0 Å². The molecule has 0 aliphatic rings. The molecule has 176 valence electrons. The van der Waals surface area contributed by atoms with Crippen LogP contribution in [0.25, 0.3) is 0 Å². The Labute approximate surface area is 185 Å². The van der Waals surface area contributed by atoms with Gasteiger partial charge in [-0.2, -0.15) is 0 Å². The fourth-order valence-corrected chi connectivity index (χ4v) is 2.88. The minimum atomic E-state index is -1.47. The maximum absolute atomic E-state index is 12.7. The molecule has 0 aliphatic heterocycles. The molecule has 0 fully saturated rings. The fourth-order valence-electron chi connectivity index (χ4n) is 2.88. The maximum atomic E-state index is 12.7. The van der Waals surface area contributed by atoms with Gasteiger partial charge in [-0.15, -0.1) is 0 Å². The van der Waals surface area contributed by atoms with Crippen molar-refractivity contribution in [3.63, 3.8) is 0 Å². The number of nitrogens with two attached hydrogens (primary N) is 1. The first-order valence-electron chi connectivity index (χ1n) is 10.1. The minimum absolute atomic E-state index is 0.0392. The lowest BCUT2D eigenvalue weighted by molar-refractivity contribution is -0.141. The van der Waals surface area contributed by atoms with Gasteiger partial charge in [0, 0.05) is 0 Å². The normalized spacial score (nSPS) is 13.5. The van der Waals surface area contributed by atoms with Crippen molar-refractivity contribution < 1.29 is 34.2 Å². The Balaban J connectivity index is 2.87. The molecule has 3 unspecified atom stereocenters. The molecule has 32 heavy (non-hydrogen) atoms. The number of carbonyl (C=O) groups excluding carboxylic acids is 3. The van der Waals surface area contributed by atoms with Gasteiger partial charge in [0.05, 0.1) is 12.5 Å². The molecule has 1 aromatic carbocycles. The second-order valence-electron chi connectivity index (χ2n) is 7.76. The number of amides is 3. The van der Waals surface area contributed by atoms with Gasteiger partial charge in [0.25, 0.3) is 0 Å². The Morgan fingerprint density at radius 1 is 0.875 bits per heavy atom. The van der Waals surface area contributed by atoms with Crippen molar-refractivity contribution in [1.82, 2.24) is 16.0 Å². The predicted molar refractivity (Wildman–Crippen MR) is 114 cm³/mol. The number of nitrogens with one attached hydrogen (secondary N) is 3. The molecule has 0 saturated heterocycles. The average molecular weight is 450 g/mol. The highest BCUT2D eigenvalue weighted by Crippen LogP contribution is 2.07. The van der Waals surface area contributed by atoms with E-state index in [2.05, 4.69) is 16.0 Å². The molecule has 3 amide bonds. The Morgan fingerprint density at radius 2 is 1.47 bits per heavy atom. The van der Waals surface area contributed by atoms with Crippen LogP contribution in [0.1, 0.15) is 32.3 Å². The van der Waals surface area contributed by atoms with E-state index in [-0.39, 0.29) is 18.8 Å². The Morgan fingerprint density at radius 3 is 2.00 bits per heavy atom. The summed E-state index contributed by atoms with van der Waals surface area (Å²) >= 11 is 0. The van der Waals surface area contributed by atoms with E-state index in [9.17, 15) is 24.0 Å². The van der Waals surface area contributed by atoms with Crippen molar-refractivity contribution in [2.45, 2.75) is 51.2 Å². The number of carbonyl (C=O) groups is 5. The van der Waals surface area contributed by atoms with Crippen molar-refractivity contribution in [2.24, 2.45) is 11.7 Å². The van der Waals surface area contributed by atoms with Crippen LogP contribution in [0, 0.1) is 5.92 Å². The molecular formula is C21H30N4O7. The van der Waals surface area contributed by atoms with E-state index in [0.717, 1.165) is 5.56 Å². The molecule has 11 nitrogen and oxygen atoms in total. The van der Waals surface area contributed by atoms with Crippen LogP contribution in [0.5, 0.6) is 0 Å². The van der Waals surface area contributed by atoms with Gasteiger partial charge in [0.2, 0.25) is 17.7 Å². The molecule has 1 aromatic rings. The second-order valence-corrected chi connectivity index (χ2v) is 7.76. The predicted octanol–water partition coefficient (Wildman–Crippen LogP) is -0.752. The standard InChI is InChI=1S/C21H30N4O7/c1-12(2)8-15(20(31)23-11-18(28)29)25-21(32)16(10-17(26)27)24-19(30)14(22)9-13-6-4-3-5-7-13/h3-7,12,14-16H,8-11,22H2,1-2H3,(H,23,31)(H,24,30)(H,25,32)(H,26,27)(H,28,29). The van der Waals surface area contributed by atoms with Gasteiger partial charge in [-0.3, -0.25) is 24.0 Å². The van der Waals surface area contributed by atoms with Crippen molar-refractivity contribution >= 4 is 29.7 Å². The number of benzene rings is 1. The van der Waals surface area contributed by atoms with Gasteiger partial charge < -0.3 is 31.9 Å². The molecule has 0 bridgehead atoms. The fraction of sp³-hybridized carbons (Fsp3) is 0.476. The zero-order chi connectivity index (χ0) is 24.3. The molecule has 3 atom stereocenters. The summed E-state index contributed by atoms with van der Waals surface area (Å²) in [5, 5.41) is 24.8. The highest BCUT2D eigenvalue weighted by atomic mass is 16.4. The SMILES string of the molecule is CC(C)CC(NC(=O)C(CC(=O)O)NC(=O)C(N)Cc1ccccc1)C(=O)NCC(=O)O. The van der Waals surface area contributed by atoms with Crippen molar-refractivity contribution in [3.05, 3.63) is 35.9 Å². The second kappa shape index (κ2) is 13.1. The van der Waals surface area contributed by atoms with Crippen LogP contribution in [0.2, 0.25) is 0 Å². The Kier molecular flexibility index (Phi) is 10.8. The molecule has 7 N–H and O–H groups in total. The van der Waals surface area contributed by atoms with E-state index in [0.29, 0.717) is 0 Å². The molecule has 11 heteroatoms. The summed E-state index contributed by atoms with van der Waals surface area (Å²) in [6, 6.07) is 5.34. The van der Waals surface area contributed by atoms with Gasteiger partial charge in [0.1, 0.15) is 18.6 Å². The smallest absolute Gasteiger partial charge is 0.322 e. The number of carboxylic acid groups (broad SMARTS) is 2. The highest BCUT2D eigenvalue weighted by Gasteiger charge is 2.30. The average Bonchev–Trinajstić information content (AvgIpc) is 2.70. The molecule has 0 spiro atoms. The number of carboxylic acids is 2. The maximum Gasteiger partial charge on any atom is 0.322 e. The van der Waals surface area contributed by atoms with Gasteiger partial charge in [-0.05, 0) is 24.3 Å². The highest BCUT2D eigenvalue weighted by molar-refractivity contribution is 5.95. The third-order valence-corrected chi connectivity index (χ3v) is 4.40. The van der Waals surface area contributed by atoms with Crippen molar-refractivity contribution in [1.29, 1.82) is 0 Å². The molecule has 0 radical (unpaired) electrons. The van der Waals surface area contributed by atoms with E-state index in [4.69, 9.17) is 15.9 Å². The van der Waals surface area contributed by atoms with Crippen LogP contribution >= 0.6 is 0 Å². The molecule has 1 rings (SSSR count). The summed E-state index contributed by atoms with van der Waals surface area (Å²) in [7, 11) is 0. The molecular weight excluding hydrogens is 420 g/mol. The number of hydrogen-bond donors (Lipinski definition) is 6. The third-order valence-electron chi connectivity index (χ3n) is 4.40. The van der Waals surface area contributed by atoms with Gasteiger partial charge in [0.15, 0.2) is 0 Å². The van der Waals surface area contributed by atoms with Crippen LogP contribution in [0.15, 0.2) is 30.3 Å². The summed E-state index contributed by atoms with van der Waals surface area (Å²) in [6.45, 7) is 2.96. The summed E-state index contributed by atoms with van der Waals surface area (Å²) in [5.74, 6) is -4.96. The van der Waals surface area contributed by atoms with Gasteiger partial charge in [-0.1, -0.05) is 44.2 Å². The van der Waals surface area contributed by atoms with Crippen molar-refractivity contribution in [3.8, 4) is 0 Å².